The van der Waals surface area contributed by atoms with Crippen LogP contribution in [-0.2, 0) is 0 Å². The Labute approximate surface area is 134 Å². The number of aryl methyl sites for hydroxylation is 4. The van der Waals surface area contributed by atoms with Crippen LogP contribution in [0.2, 0.25) is 0 Å². The lowest BCUT2D eigenvalue weighted by Crippen LogP contribution is -2.22. The quantitative estimate of drug-likeness (QED) is 0.377. The summed E-state index contributed by atoms with van der Waals surface area (Å²) in [6.45, 7) is 7.14. The van der Waals surface area contributed by atoms with Crippen LogP contribution in [-0.4, -0.2) is 20.9 Å². The summed E-state index contributed by atoms with van der Waals surface area (Å²) in [5, 5.41) is 10.4. The zero-order valence-electron chi connectivity index (χ0n) is 13.6. The standard InChI is InChI=1S/C8H12N4.C7H8N2O2/c1-5-3-4-11-6(2)7(5)12-8(9)10;1-5-3-4-8-6(2)7(5)9(10)11/h3-4H,1-2H3,(H4,9,10,12);3-4H,1-2H3. The maximum Gasteiger partial charge on any atom is 0.293 e. The Hall–Kier alpha value is -3.03. The van der Waals surface area contributed by atoms with Gasteiger partial charge in [0.1, 0.15) is 5.69 Å². The van der Waals surface area contributed by atoms with Crippen molar-refractivity contribution < 1.29 is 4.92 Å². The molecule has 0 aromatic carbocycles. The van der Waals surface area contributed by atoms with Crippen LogP contribution in [0.4, 0.5) is 11.4 Å². The molecular formula is C15H20N6O2. The van der Waals surface area contributed by atoms with Gasteiger partial charge in [0.25, 0.3) is 5.69 Å². The van der Waals surface area contributed by atoms with Gasteiger partial charge in [-0.05, 0) is 45.4 Å². The minimum atomic E-state index is -0.405. The summed E-state index contributed by atoms with van der Waals surface area (Å²) >= 11 is 0. The van der Waals surface area contributed by atoms with Crippen LogP contribution in [0.1, 0.15) is 22.5 Å². The van der Waals surface area contributed by atoms with E-state index < -0.39 is 4.92 Å². The molecule has 0 fully saturated rings. The minimum absolute atomic E-state index is 0.0641. The molecule has 0 saturated heterocycles. The zero-order chi connectivity index (χ0) is 17.6. The summed E-state index contributed by atoms with van der Waals surface area (Å²) in [5.41, 5.74) is 14.4. The van der Waals surface area contributed by atoms with Crippen molar-refractivity contribution >= 4 is 17.3 Å². The Morgan fingerprint density at radius 1 is 1.04 bits per heavy atom. The molecule has 2 aromatic heterocycles. The molecule has 0 aliphatic heterocycles. The third-order valence-corrected chi connectivity index (χ3v) is 3.04. The van der Waals surface area contributed by atoms with Crippen LogP contribution in [0.5, 0.6) is 0 Å². The summed E-state index contributed by atoms with van der Waals surface area (Å²) < 4.78 is 0. The molecule has 0 atom stereocenters. The van der Waals surface area contributed by atoms with Gasteiger partial charge in [0.15, 0.2) is 5.96 Å². The number of nitrogens with two attached hydrogens (primary N) is 2. The fraction of sp³-hybridized carbons (Fsp3) is 0.267. The third-order valence-electron chi connectivity index (χ3n) is 3.04. The Bertz CT molecular complexity index is 698. The predicted octanol–water partition coefficient (Wildman–Crippen LogP) is 2.21. The molecule has 8 nitrogen and oxygen atoms in total. The SMILES string of the molecule is Cc1ccnc(C)c1N=C(N)N.Cc1ccnc(C)c1[N+](=O)[O-]. The summed E-state index contributed by atoms with van der Waals surface area (Å²) in [6, 6.07) is 3.50. The predicted molar refractivity (Wildman–Crippen MR) is 89.5 cm³/mol. The highest BCUT2D eigenvalue weighted by Gasteiger charge is 2.13. The second-order valence-electron chi connectivity index (χ2n) is 4.92. The number of hydrogen-bond donors (Lipinski definition) is 2. The van der Waals surface area contributed by atoms with Gasteiger partial charge < -0.3 is 11.5 Å². The van der Waals surface area contributed by atoms with Gasteiger partial charge in [0.2, 0.25) is 0 Å². The minimum Gasteiger partial charge on any atom is -0.370 e. The molecule has 0 radical (unpaired) electrons. The molecule has 2 rings (SSSR count). The van der Waals surface area contributed by atoms with E-state index in [0.717, 1.165) is 16.9 Å². The number of aromatic nitrogens is 2. The van der Waals surface area contributed by atoms with Crippen molar-refractivity contribution in [2.24, 2.45) is 16.5 Å². The molecule has 23 heavy (non-hydrogen) atoms. The molecule has 0 spiro atoms. The van der Waals surface area contributed by atoms with E-state index in [4.69, 9.17) is 11.5 Å². The first-order valence-corrected chi connectivity index (χ1v) is 6.82. The maximum absolute atomic E-state index is 10.4. The van der Waals surface area contributed by atoms with Crippen molar-refractivity contribution in [1.29, 1.82) is 0 Å². The number of guanidine groups is 1. The first kappa shape index (κ1) is 18.0. The van der Waals surface area contributed by atoms with E-state index in [0.29, 0.717) is 11.3 Å². The van der Waals surface area contributed by atoms with E-state index in [1.165, 1.54) is 0 Å². The van der Waals surface area contributed by atoms with Crippen molar-refractivity contribution in [3.63, 3.8) is 0 Å². The molecule has 0 aliphatic rings. The van der Waals surface area contributed by atoms with Gasteiger partial charge in [-0.15, -0.1) is 0 Å². The molecule has 0 aliphatic carbocycles. The van der Waals surface area contributed by atoms with E-state index in [1.54, 1.807) is 32.3 Å². The van der Waals surface area contributed by atoms with Crippen LogP contribution < -0.4 is 11.5 Å². The van der Waals surface area contributed by atoms with Crippen LogP contribution in [0, 0.1) is 37.8 Å². The highest BCUT2D eigenvalue weighted by Crippen LogP contribution is 2.20. The first-order chi connectivity index (χ1) is 10.7. The summed E-state index contributed by atoms with van der Waals surface area (Å²) in [4.78, 5) is 21.9. The van der Waals surface area contributed by atoms with Gasteiger partial charge in [0, 0.05) is 18.0 Å². The maximum atomic E-state index is 10.4. The Morgan fingerprint density at radius 3 is 1.96 bits per heavy atom. The molecule has 2 heterocycles. The van der Waals surface area contributed by atoms with E-state index in [-0.39, 0.29) is 11.6 Å². The van der Waals surface area contributed by atoms with Crippen LogP contribution in [0.3, 0.4) is 0 Å². The number of pyridine rings is 2. The summed E-state index contributed by atoms with van der Waals surface area (Å²) in [7, 11) is 0. The molecular weight excluding hydrogens is 296 g/mol. The van der Waals surface area contributed by atoms with E-state index in [9.17, 15) is 10.1 Å². The highest BCUT2D eigenvalue weighted by atomic mass is 16.6. The van der Waals surface area contributed by atoms with E-state index in [2.05, 4.69) is 15.0 Å². The number of aliphatic imine (C=N–C) groups is 1. The molecule has 0 bridgehead atoms. The molecule has 8 heteroatoms. The lowest BCUT2D eigenvalue weighted by atomic mass is 10.2. The second-order valence-corrected chi connectivity index (χ2v) is 4.92. The topological polar surface area (TPSA) is 133 Å². The number of nitrogens with zero attached hydrogens (tertiary/aromatic N) is 4. The Balaban J connectivity index is 0.000000231. The zero-order valence-corrected chi connectivity index (χ0v) is 13.6. The van der Waals surface area contributed by atoms with Crippen molar-refractivity contribution in [3.05, 3.63) is 57.2 Å². The van der Waals surface area contributed by atoms with E-state index >= 15 is 0 Å². The van der Waals surface area contributed by atoms with E-state index in [1.807, 2.05) is 19.9 Å². The lowest BCUT2D eigenvalue weighted by molar-refractivity contribution is -0.386. The van der Waals surface area contributed by atoms with Gasteiger partial charge in [-0.2, -0.15) is 0 Å². The fourth-order valence-electron chi connectivity index (χ4n) is 1.95. The van der Waals surface area contributed by atoms with Gasteiger partial charge in [-0.25, -0.2) is 4.99 Å². The number of rotatable bonds is 2. The van der Waals surface area contributed by atoms with Crippen molar-refractivity contribution in [3.8, 4) is 0 Å². The average molecular weight is 316 g/mol. The monoisotopic (exact) mass is 316 g/mol. The van der Waals surface area contributed by atoms with Crippen LogP contribution in [0.25, 0.3) is 0 Å². The average Bonchev–Trinajstić information content (AvgIpc) is 2.43. The van der Waals surface area contributed by atoms with Crippen molar-refractivity contribution in [2.75, 3.05) is 0 Å². The summed E-state index contributed by atoms with van der Waals surface area (Å²) in [6.07, 6.45) is 3.30. The van der Waals surface area contributed by atoms with Crippen LogP contribution in [0.15, 0.2) is 29.5 Å². The van der Waals surface area contributed by atoms with Crippen molar-refractivity contribution in [1.82, 2.24) is 9.97 Å². The van der Waals surface area contributed by atoms with Gasteiger partial charge in [-0.3, -0.25) is 20.1 Å². The van der Waals surface area contributed by atoms with Gasteiger partial charge >= 0.3 is 0 Å². The van der Waals surface area contributed by atoms with Gasteiger partial charge in [0.05, 0.1) is 16.3 Å². The molecule has 0 unspecified atom stereocenters. The fourth-order valence-corrected chi connectivity index (χ4v) is 1.95. The first-order valence-electron chi connectivity index (χ1n) is 6.82. The Morgan fingerprint density at radius 2 is 1.57 bits per heavy atom. The molecule has 0 saturated carbocycles. The number of hydrogen-bond acceptors (Lipinski definition) is 5. The lowest BCUT2D eigenvalue weighted by Gasteiger charge is -2.02. The molecule has 122 valence electrons. The van der Waals surface area contributed by atoms with Crippen LogP contribution >= 0.6 is 0 Å². The molecule has 2 aromatic rings. The smallest absolute Gasteiger partial charge is 0.293 e. The summed E-state index contributed by atoms with van der Waals surface area (Å²) in [5.74, 6) is 0.0641. The Kier molecular flexibility index (Phi) is 6.13. The normalized spacial score (nSPS) is 9.57. The largest absolute Gasteiger partial charge is 0.370 e. The number of nitro groups is 1. The third kappa shape index (κ3) is 5.03. The van der Waals surface area contributed by atoms with Crippen molar-refractivity contribution in [2.45, 2.75) is 27.7 Å². The highest BCUT2D eigenvalue weighted by molar-refractivity contribution is 5.79. The molecule has 0 amide bonds. The van der Waals surface area contributed by atoms with Gasteiger partial charge in [-0.1, -0.05) is 0 Å². The molecule has 4 N–H and O–H groups in total. The second kappa shape index (κ2) is 7.83.